The summed E-state index contributed by atoms with van der Waals surface area (Å²) in [5, 5.41) is 11.5. The number of nitrogens with two attached hydrogens (primary N) is 1. The number of aromatic amines is 1. The first-order chi connectivity index (χ1) is 8.75. The van der Waals surface area contributed by atoms with Crippen LogP contribution in [-0.4, -0.2) is 16.1 Å². The van der Waals surface area contributed by atoms with Gasteiger partial charge in [-0.15, -0.1) is 11.3 Å². The Hall–Kier alpha value is -1.82. The Kier molecular flexibility index (Phi) is 2.79. The maximum Gasteiger partial charge on any atom is 0.271 e. The van der Waals surface area contributed by atoms with Gasteiger partial charge in [-0.25, -0.2) is 0 Å². The van der Waals surface area contributed by atoms with Gasteiger partial charge in [0.25, 0.3) is 5.91 Å². The number of hydrogen-bond acceptors (Lipinski definition) is 4. The molecule has 0 fully saturated rings. The van der Waals surface area contributed by atoms with Crippen molar-refractivity contribution in [3.63, 3.8) is 0 Å². The predicted molar refractivity (Wildman–Crippen MR) is 70.5 cm³/mol. The van der Waals surface area contributed by atoms with Crippen LogP contribution in [0.3, 0.4) is 0 Å². The molecule has 0 aliphatic heterocycles. The van der Waals surface area contributed by atoms with Crippen LogP contribution in [-0.2, 0) is 6.42 Å². The second-order valence-electron chi connectivity index (χ2n) is 4.42. The van der Waals surface area contributed by atoms with Crippen LogP contribution in [0, 0.1) is 0 Å². The minimum absolute atomic E-state index is 0.0928. The van der Waals surface area contributed by atoms with Crippen LogP contribution in [0.1, 0.15) is 39.8 Å². The number of nitrogen functional groups attached to an aromatic ring is 1. The first-order valence-corrected chi connectivity index (χ1v) is 6.79. The number of rotatable bonds is 2. The van der Waals surface area contributed by atoms with Crippen LogP contribution in [0.2, 0.25) is 0 Å². The third kappa shape index (κ3) is 1.88. The molecule has 0 spiro atoms. The van der Waals surface area contributed by atoms with Crippen molar-refractivity contribution in [2.45, 2.75) is 25.3 Å². The Morgan fingerprint density at radius 3 is 3.28 bits per heavy atom. The average molecular weight is 262 g/mol. The minimum Gasteiger partial charge on any atom is -0.396 e. The maximum absolute atomic E-state index is 12.1. The number of carbonyl (C=O) groups excluding carboxylic acids is 1. The fraction of sp³-hybridized carbons (Fsp3) is 0.333. The van der Waals surface area contributed by atoms with Crippen LogP contribution < -0.4 is 11.1 Å². The van der Waals surface area contributed by atoms with Gasteiger partial charge >= 0.3 is 0 Å². The smallest absolute Gasteiger partial charge is 0.271 e. The van der Waals surface area contributed by atoms with Crippen LogP contribution in [0.5, 0.6) is 0 Å². The maximum atomic E-state index is 12.1. The number of amides is 1. The number of nitrogens with one attached hydrogen (secondary N) is 2. The van der Waals surface area contributed by atoms with E-state index in [2.05, 4.69) is 27.0 Å². The molecule has 2 heterocycles. The Bertz CT molecular complexity index is 574. The van der Waals surface area contributed by atoms with Gasteiger partial charge in [0, 0.05) is 4.88 Å². The van der Waals surface area contributed by atoms with Gasteiger partial charge in [-0.3, -0.25) is 9.89 Å². The van der Waals surface area contributed by atoms with E-state index in [1.807, 2.05) is 0 Å². The lowest BCUT2D eigenvalue weighted by Gasteiger charge is -2.23. The van der Waals surface area contributed by atoms with Gasteiger partial charge in [-0.2, -0.15) is 5.10 Å². The normalized spacial score (nSPS) is 18.3. The molecule has 0 aromatic carbocycles. The molecule has 0 radical (unpaired) electrons. The van der Waals surface area contributed by atoms with E-state index in [4.69, 9.17) is 5.73 Å². The van der Waals surface area contributed by atoms with E-state index >= 15 is 0 Å². The van der Waals surface area contributed by atoms with Crippen molar-refractivity contribution < 1.29 is 4.79 Å². The molecule has 1 aliphatic carbocycles. The van der Waals surface area contributed by atoms with Crippen LogP contribution in [0.25, 0.3) is 0 Å². The van der Waals surface area contributed by atoms with Crippen molar-refractivity contribution in [3.8, 4) is 0 Å². The van der Waals surface area contributed by atoms with E-state index in [0.717, 1.165) is 19.3 Å². The Morgan fingerprint density at radius 1 is 1.61 bits per heavy atom. The lowest BCUT2D eigenvalue weighted by atomic mass is 9.94. The highest BCUT2D eigenvalue weighted by Crippen LogP contribution is 2.33. The fourth-order valence-corrected chi connectivity index (χ4v) is 3.33. The molecule has 1 aliphatic rings. The fourth-order valence-electron chi connectivity index (χ4n) is 2.34. The summed E-state index contributed by atoms with van der Waals surface area (Å²) in [4.78, 5) is 13.4. The van der Waals surface area contributed by atoms with Gasteiger partial charge in [0.2, 0.25) is 0 Å². The minimum atomic E-state index is -0.186. The van der Waals surface area contributed by atoms with Gasteiger partial charge in [0.05, 0.1) is 17.9 Å². The Labute approximate surface area is 108 Å². The molecule has 0 saturated carbocycles. The molecule has 1 unspecified atom stereocenters. The van der Waals surface area contributed by atoms with E-state index in [1.54, 1.807) is 11.3 Å². The third-order valence-corrected chi connectivity index (χ3v) is 4.25. The molecule has 0 bridgehead atoms. The number of nitrogens with zero attached hydrogens (tertiary/aromatic N) is 1. The molecule has 94 valence electrons. The summed E-state index contributed by atoms with van der Waals surface area (Å²) in [6.45, 7) is 0. The molecule has 4 N–H and O–H groups in total. The molecule has 2 aromatic heterocycles. The van der Waals surface area contributed by atoms with Crippen molar-refractivity contribution in [1.82, 2.24) is 15.5 Å². The first-order valence-electron chi connectivity index (χ1n) is 5.91. The predicted octanol–water partition coefficient (Wildman–Crippen LogP) is 1.86. The number of H-pyrrole nitrogens is 1. The van der Waals surface area contributed by atoms with Gasteiger partial charge in [0.15, 0.2) is 0 Å². The number of aryl methyl sites for hydroxylation is 1. The van der Waals surface area contributed by atoms with E-state index in [-0.39, 0.29) is 11.9 Å². The quantitative estimate of drug-likeness (QED) is 0.772. The number of anilines is 1. The standard InChI is InChI=1S/C12H14N4OS/c13-8-6-14-16-11(8)12(17)15-9-2-1-3-10-7(9)4-5-18-10/h4-6,9H,1-3,13H2,(H,14,16)(H,15,17). The summed E-state index contributed by atoms with van der Waals surface area (Å²) in [5.41, 5.74) is 7.64. The van der Waals surface area contributed by atoms with E-state index in [1.165, 1.54) is 16.6 Å². The molecule has 3 rings (SSSR count). The molecule has 1 amide bonds. The number of aromatic nitrogens is 2. The number of hydrogen-bond donors (Lipinski definition) is 3. The summed E-state index contributed by atoms with van der Waals surface area (Å²) in [5.74, 6) is -0.186. The molecule has 5 nitrogen and oxygen atoms in total. The largest absolute Gasteiger partial charge is 0.396 e. The molecule has 1 atom stereocenters. The molecule has 2 aromatic rings. The van der Waals surface area contributed by atoms with Crippen molar-refractivity contribution in [3.05, 3.63) is 33.8 Å². The van der Waals surface area contributed by atoms with E-state index in [0.29, 0.717) is 11.4 Å². The summed E-state index contributed by atoms with van der Waals surface area (Å²) in [6.07, 6.45) is 4.65. The summed E-state index contributed by atoms with van der Waals surface area (Å²) < 4.78 is 0. The first kappa shape index (κ1) is 11.3. The van der Waals surface area contributed by atoms with E-state index in [9.17, 15) is 4.79 Å². The van der Waals surface area contributed by atoms with Crippen molar-refractivity contribution in [2.24, 2.45) is 0 Å². The second kappa shape index (κ2) is 4.45. The number of carbonyl (C=O) groups is 1. The van der Waals surface area contributed by atoms with Gasteiger partial charge in [0.1, 0.15) is 5.69 Å². The van der Waals surface area contributed by atoms with Crippen molar-refractivity contribution in [2.75, 3.05) is 5.73 Å². The second-order valence-corrected chi connectivity index (χ2v) is 5.42. The number of fused-ring (bicyclic) bond motifs is 1. The zero-order valence-electron chi connectivity index (χ0n) is 9.77. The van der Waals surface area contributed by atoms with Crippen molar-refractivity contribution in [1.29, 1.82) is 0 Å². The van der Waals surface area contributed by atoms with Gasteiger partial charge < -0.3 is 11.1 Å². The molecule has 0 saturated heterocycles. The zero-order chi connectivity index (χ0) is 12.5. The van der Waals surface area contributed by atoms with E-state index < -0.39 is 0 Å². The topological polar surface area (TPSA) is 83.8 Å². The van der Waals surface area contributed by atoms with Crippen LogP contribution in [0.4, 0.5) is 5.69 Å². The SMILES string of the molecule is Nc1cn[nH]c1C(=O)NC1CCCc2sccc21. The summed E-state index contributed by atoms with van der Waals surface area (Å²) in [6, 6.07) is 2.19. The van der Waals surface area contributed by atoms with Gasteiger partial charge in [-0.05, 0) is 36.3 Å². The zero-order valence-corrected chi connectivity index (χ0v) is 10.6. The monoisotopic (exact) mass is 262 g/mol. The average Bonchev–Trinajstić information content (AvgIpc) is 2.97. The Morgan fingerprint density at radius 2 is 2.50 bits per heavy atom. The lowest BCUT2D eigenvalue weighted by molar-refractivity contribution is 0.0929. The summed E-state index contributed by atoms with van der Waals surface area (Å²) in [7, 11) is 0. The number of thiophene rings is 1. The highest BCUT2D eigenvalue weighted by molar-refractivity contribution is 7.10. The molecule has 18 heavy (non-hydrogen) atoms. The molecular formula is C12H14N4OS. The van der Waals surface area contributed by atoms with Gasteiger partial charge in [-0.1, -0.05) is 0 Å². The van der Waals surface area contributed by atoms with Crippen LogP contribution in [0.15, 0.2) is 17.6 Å². The molecular weight excluding hydrogens is 248 g/mol. The Balaban J connectivity index is 1.79. The van der Waals surface area contributed by atoms with Crippen molar-refractivity contribution >= 4 is 22.9 Å². The molecule has 6 heteroatoms. The third-order valence-electron chi connectivity index (χ3n) is 3.25. The van der Waals surface area contributed by atoms with Crippen LogP contribution >= 0.6 is 11.3 Å². The highest BCUT2D eigenvalue weighted by atomic mass is 32.1. The summed E-state index contributed by atoms with van der Waals surface area (Å²) >= 11 is 1.76. The highest BCUT2D eigenvalue weighted by Gasteiger charge is 2.24. The lowest BCUT2D eigenvalue weighted by Crippen LogP contribution is -2.31.